The van der Waals surface area contributed by atoms with Crippen molar-refractivity contribution in [3.8, 4) is 16.9 Å². The lowest BCUT2D eigenvalue weighted by molar-refractivity contribution is 0.910. The number of fused-ring (bicyclic) bond motifs is 1. The zero-order valence-corrected chi connectivity index (χ0v) is 15.7. The van der Waals surface area contributed by atoms with Crippen LogP contribution in [0.1, 0.15) is 23.7 Å². The minimum Gasteiger partial charge on any atom is -0.369 e. The minimum atomic E-state index is 0.506. The first-order valence-electron chi connectivity index (χ1n) is 8.99. The van der Waals surface area contributed by atoms with Gasteiger partial charge in [0.05, 0.1) is 11.9 Å². The Balaban J connectivity index is 1.93. The fourth-order valence-corrected chi connectivity index (χ4v) is 3.67. The van der Waals surface area contributed by atoms with E-state index in [0.29, 0.717) is 5.95 Å². The van der Waals surface area contributed by atoms with Crippen molar-refractivity contribution in [1.82, 2.24) is 14.1 Å². The number of aryl methyl sites for hydroxylation is 3. The zero-order valence-electron chi connectivity index (χ0n) is 15.7. The molecule has 4 heteroatoms. The maximum Gasteiger partial charge on any atom is 0.205 e. The van der Waals surface area contributed by atoms with Crippen LogP contribution in [0.3, 0.4) is 0 Å². The van der Waals surface area contributed by atoms with Gasteiger partial charge in [0.15, 0.2) is 0 Å². The molecular formula is C22H24N4. The van der Waals surface area contributed by atoms with E-state index in [-0.39, 0.29) is 0 Å². The summed E-state index contributed by atoms with van der Waals surface area (Å²) in [5.41, 5.74) is 14.6. The number of anilines is 1. The van der Waals surface area contributed by atoms with Crippen LogP contribution in [0.4, 0.5) is 5.95 Å². The van der Waals surface area contributed by atoms with Crippen molar-refractivity contribution in [1.29, 1.82) is 0 Å². The Morgan fingerprint density at radius 2 is 1.88 bits per heavy atom. The molecule has 2 heterocycles. The van der Waals surface area contributed by atoms with Crippen molar-refractivity contribution >= 4 is 16.9 Å². The second-order valence-electron chi connectivity index (χ2n) is 6.86. The molecule has 0 unspecified atom stereocenters. The van der Waals surface area contributed by atoms with E-state index in [1.54, 1.807) is 0 Å². The molecule has 26 heavy (non-hydrogen) atoms. The smallest absolute Gasteiger partial charge is 0.205 e. The lowest BCUT2D eigenvalue weighted by Gasteiger charge is -2.12. The fourth-order valence-electron chi connectivity index (χ4n) is 3.67. The molecule has 4 aromatic rings. The molecule has 0 aliphatic heterocycles. The van der Waals surface area contributed by atoms with E-state index >= 15 is 0 Å². The maximum atomic E-state index is 6.25. The first kappa shape index (κ1) is 16.5. The van der Waals surface area contributed by atoms with Crippen molar-refractivity contribution in [2.24, 2.45) is 7.05 Å². The third-order valence-electron chi connectivity index (χ3n) is 5.47. The summed E-state index contributed by atoms with van der Waals surface area (Å²) in [6, 6.07) is 15.1. The predicted octanol–water partition coefficient (Wildman–Crippen LogP) is 4.79. The van der Waals surface area contributed by atoms with Crippen molar-refractivity contribution < 1.29 is 0 Å². The van der Waals surface area contributed by atoms with Crippen molar-refractivity contribution in [2.45, 2.75) is 27.2 Å². The molecule has 0 bridgehead atoms. The summed E-state index contributed by atoms with van der Waals surface area (Å²) >= 11 is 0. The summed E-state index contributed by atoms with van der Waals surface area (Å²) in [4.78, 5) is 4.39. The number of benzene rings is 2. The summed E-state index contributed by atoms with van der Waals surface area (Å²) in [5, 5.41) is 1.25. The number of hydrogen-bond donors (Lipinski definition) is 1. The van der Waals surface area contributed by atoms with Gasteiger partial charge in [-0.3, -0.25) is 4.57 Å². The maximum absolute atomic E-state index is 6.25. The third kappa shape index (κ3) is 2.41. The molecule has 0 aliphatic rings. The van der Waals surface area contributed by atoms with Gasteiger partial charge < -0.3 is 10.3 Å². The average molecular weight is 344 g/mol. The summed E-state index contributed by atoms with van der Waals surface area (Å²) in [6.45, 7) is 6.49. The number of nitrogen functional groups attached to an aromatic ring is 1. The van der Waals surface area contributed by atoms with Crippen LogP contribution in [-0.2, 0) is 13.5 Å². The van der Waals surface area contributed by atoms with Gasteiger partial charge in [0.1, 0.15) is 0 Å². The normalized spacial score (nSPS) is 11.4. The Hall–Kier alpha value is -3.01. The predicted molar refractivity (Wildman–Crippen MR) is 109 cm³/mol. The molecule has 4 nitrogen and oxygen atoms in total. The van der Waals surface area contributed by atoms with Gasteiger partial charge in [0.25, 0.3) is 0 Å². The number of nitrogens with zero attached hydrogens (tertiary/aromatic N) is 3. The van der Waals surface area contributed by atoms with Crippen LogP contribution in [0.5, 0.6) is 0 Å². The average Bonchev–Trinajstić information content (AvgIpc) is 3.15. The Morgan fingerprint density at radius 3 is 2.65 bits per heavy atom. The molecule has 132 valence electrons. The van der Waals surface area contributed by atoms with Gasteiger partial charge in [0, 0.05) is 34.9 Å². The van der Waals surface area contributed by atoms with Gasteiger partial charge in [0.2, 0.25) is 5.95 Å². The zero-order chi connectivity index (χ0) is 18.4. The van der Waals surface area contributed by atoms with Crippen molar-refractivity contribution in [3.63, 3.8) is 0 Å². The van der Waals surface area contributed by atoms with Gasteiger partial charge >= 0.3 is 0 Å². The summed E-state index contributed by atoms with van der Waals surface area (Å²) in [5.74, 6) is 0.506. The SMILES string of the molecule is CCc1cccc(-c2cnc(N)n2-c2ccc3c(c2)c(C)c(C)n3C)c1. The topological polar surface area (TPSA) is 48.8 Å². The van der Waals surface area contributed by atoms with Gasteiger partial charge in [-0.2, -0.15) is 0 Å². The first-order valence-corrected chi connectivity index (χ1v) is 8.99. The fraction of sp³-hybridized carbons (Fsp3) is 0.227. The van der Waals surface area contributed by atoms with E-state index in [0.717, 1.165) is 23.4 Å². The molecule has 2 N–H and O–H groups in total. The highest BCUT2D eigenvalue weighted by atomic mass is 15.2. The second-order valence-corrected chi connectivity index (χ2v) is 6.86. The summed E-state index contributed by atoms with van der Waals surface area (Å²) in [7, 11) is 2.11. The molecule has 0 aliphatic carbocycles. The molecule has 0 radical (unpaired) electrons. The number of aromatic nitrogens is 3. The Kier molecular flexibility index (Phi) is 3.83. The third-order valence-corrected chi connectivity index (χ3v) is 5.47. The van der Waals surface area contributed by atoms with E-state index in [9.17, 15) is 0 Å². The minimum absolute atomic E-state index is 0.506. The van der Waals surface area contributed by atoms with E-state index in [1.807, 2.05) is 10.8 Å². The number of nitrogens with two attached hydrogens (primary N) is 1. The molecule has 0 amide bonds. The highest BCUT2D eigenvalue weighted by molar-refractivity contribution is 5.87. The molecule has 4 rings (SSSR count). The quantitative estimate of drug-likeness (QED) is 0.581. The molecule has 2 aromatic heterocycles. The van der Waals surface area contributed by atoms with Gasteiger partial charge in [-0.15, -0.1) is 0 Å². The Labute approximate surface area is 153 Å². The number of imidazole rings is 1. The number of hydrogen-bond acceptors (Lipinski definition) is 2. The second kappa shape index (κ2) is 6.06. The molecule has 2 aromatic carbocycles. The first-order chi connectivity index (χ1) is 12.5. The van der Waals surface area contributed by atoms with Crippen molar-refractivity contribution in [3.05, 3.63) is 65.5 Å². The van der Waals surface area contributed by atoms with Crippen LogP contribution in [0.15, 0.2) is 48.7 Å². The highest BCUT2D eigenvalue weighted by Crippen LogP contribution is 2.31. The van der Waals surface area contributed by atoms with Gasteiger partial charge in [-0.1, -0.05) is 25.1 Å². The molecule has 0 saturated heterocycles. The van der Waals surface area contributed by atoms with Crippen LogP contribution in [-0.4, -0.2) is 14.1 Å². The van der Waals surface area contributed by atoms with Crippen LogP contribution < -0.4 is 5.73 Å². The molecule has 0 atom stereocenters. The van der Waals surface area contributed by atoms with Gasteiger partial charge in [-0.25, -0.2) is 4.98 Å². The van der Waals surface area contributed by atoms with E-state index in [1.165, 1.54) is 27.7 Å². The monoisotopic (exact) mass is 344 g/mol. The Morgan fingerprint density at radius 1 is 1.08 bits per heavy atom. The van der Waals surface area contributed by atoms with Crippen LogP contribution in [0, 0.1) is 13.8 Å². The summed E-state index contributed by atoms with van der Waals surface area (Å²) in [6.07, 6.45) is 2.86. The van der Waals surface area contributed by atoms with E-state index < -0.39 is 0 Å². The molecule has 0 saturated carbocycles. The largest absolute Gasteiger partial charge is 0.369 e. The van der Waals surface area contributed by atoms with E-state index in [2.05, 4.69) is 79.8 Å². The number of rotatable bonds is 3. The van der Waals surface area contributed by atoms with Gasteiger partial charge in [-0.05, 0) is 55.7 Å². The molecule has 0 fully saturated rings. The van der Waals surface area contributed by atoms with Crippen LogP contribution in [0.25, 0.3) is 27.8 Å². The Bertz CT molecular complexity index is 1110. The van der Waals surface area contributed by atoms with Crippen LogP contribution >= 0.6 is 0 Å². The molecule has 0 spiro atoms. The summed E-state index contributed by atoms with van der Waals surface area (Å²) < 4.78 is 4.27. The standard InChI is InChI=1S/C22H24N4/c1-5-16-7-6-8-17(11-16)21-13-24-22(23)26(21)18-9-10-20-19(12-18)14(2)15(3)25(20)4/h6-13H,5H2,1-4H3,(H2,23,24). The molecular weight excluding hydrogens is 320 g/mol. The lowest BCUT2D eigenvalue weighted by atomic mass is 10.1. The highest BCUT2D eigenvalue weighted by Gasteiger charge is 2.14. The van der Waals surface area contributed by atoms with Crippen LogP contribution in [0.2, 0.25) is 0 Å². The lowest BCUT2D eigenvalue weighted by Crippen LogP contribution is -2.02. The van der Waals surface area contributed by atoms with E-state index in [4.69, 9.17) is 5.73 Å². The van der Waals surface area contributed by atoms with Crippen molar-refractivity contribution in [2.75, 3.05) is 5.73 Å².